The summed E-state index contributed by atoms with van der Waals surface area (Å²) in [6, 6.07) is 4.22. The van der Waals surface area contributed by atoms with E-state index in [1.165, 1.54) is 5.56 Å². The van der Waals surface area contributed by atoms with Crippen LogP contribution in [0.1, 0.15) is 25.3 Å². The van der Waals surface area contributed by atoms with Crippen molar-refractivity contribution in [2.24, 2.45) is 5.73 Å². The summed E-state index contributed by atoms with van der Waals surface area (Å²) in [6.07, 6.45) is 3.60. The van der Waals surface area contributed by atoms with Gasteiger partial charge in [-0.2, -0.15) is 0 Å². The Hall–Kier alpha value is -0.890. The molecular weight excluding hydrogens is 136 g/mol. The van der Waals surface area contributed by atoms with Gasteiger partial charge in [0, 0.05) is 18.4 Å². The first-order valence-electron chi connectivity index (χ1n) is 3.87. The summed E-state index contributed by atoms with van der Waals surface area (Å²) in [6.45, 7) is 4.14. The minimum Gasteiger partial charge on any atom is -0.327 e. The van der Waals surface area contributed by atoms with Crippen molar-refractivity contribution < 1.29 is 0 Å². The van der Waals surface area contributed by atoms with Crippen molar-refractivity contribution in [1.29, 1.82) is 0 Å². The topological polar surface area (TPSA) is 38.9 Å². The zero-order valence-corrected chi connectivity index (χ0v) is 6.99. The van der Waals surface area contributed by atoms with Crippen LogP contribution in [0.4, 0.5) is 0 Å². The van der Waals surface area contributed by atoms with E-state index in [9.17, 15) is 0 Å². The molecule has 60 valence electrons. The molecule has 1 rings (SSSR count). The average molecular weight is 150 g/mol. The molecule has 0 aliphatic heterocycles. The molecule has 0 fully saturated rings. The first kappa shape index (κ1) is 8.21. The Morgan fingerprint density at radius 2 is 1.82 bits per heavy atom. The monoisotopic (exact) mass is 150 g/mol. The molecule has 2 N–H and O–H groups in total. The van der Waals surface area contributed by atoms with Crippen molar-refractivity contribution in [2.45, 2.75) is 25.8 Å². The molecule has 11 heavy (non-hydrogen) atoms. The summed E-state index contributed by atoms with van der Waals surface area (Å²) in [4.78, 5) is 3.95. The molecule has 0 saturated heterocycles. The second-order valence-corrected chi connectivity index (χ2v) is 2.93. The molecule has 2 atom stereocenters. The molecule has 0 saturated carbocycles. The molecule has 1 heterocycles. The van der Waals surface area contributed by atoms with E-state index >= 15 is 0 Å². The Labute approximate surface area is 67.5 Å². The fourth-order valence-electron chi connectivity index (χ4n) is 0.971. The summed E-state index contributed by atoms with van der Waals surface area (Å²) in [5, 5.41) is 0. The standard InChI is InChI=1S/C9H14N2/c1-7(8(2)10)9-3-5-11-6-4-9/h3-8H,10H2,1-2H3. The fraction of sp³-hybridized carbons (Fsp3) is 0.444. The zero-order chi connectivity index (χ0) is 8.27. The predicted octanol–water partition coefficient (Wildman–Crippen LogP) is 1.53. The molecule has 0 amide bonds. The smallest absolute Gasteiger partial charge is 0.0270 e. The summed E-state index contributed by atoms with van der Waals surface area (Å²) in [5.74, 6) is 0.415. The van der Waals surface area contributed by atoms with Crippen LogP contribution in [0.3, 0.4) is 0 Å². The van der Waals surface area contributed by atoms with E-state index in [4.69, 9.17) is 5.73 Å². The Balaban J connectivity index is 2.77. The maximum Gasteiger partial charge on any atom is 0.0270 e. The van der Waals surface area contributed by atoms with Crippen molar-refractivity contribution in [3.8, 4) is 0 Å². The van der Waals surface area contributed by atoms with Crippen LogP contribution in [-0.2, 0) is 0 Å². The normalized spacial score (nSPS) is 15.9. The van der Waals surface area contributed by atoms with Gasteiger partial charge < -0.3 is 5.73 Å². The van der Waals surface area contributed by atoms with E-state index in [0.29, 0.717) is 5.92 Å². The maximum atomic E-state index is 5.75. The van der Waals surface area contributed by atoms with Gasteiger partial charge in [0.1, 0.15) is 0 Å². The first-order valence-corrected chi connectivity index (χ1v) is 3.87. The Kier molecular flexibility index (Phi) is 2.60. The lowest BCUT2D eigenvalue weighted by molar-refractivity contribution is 0.612. The number of hydrogen-bond acceptors (Lipinski definition) is 2. The largest absolute Gasteiger partial charge is 0.327 e. The van der Waals surface area contributed by atoms with Crippen molar-refractivity contribution in [3.05, 3.63) is 30.1 Å². The first-order chi connectivity index (χ1) is 5.22. The van der Waals surface area contributed by atoms with Gasteiger partial charge in [-0.3, -0.25) is 4.98 Å². The van der Waals surface area contributed by atoms with Crippen molar-refractivity contribution in [1.82, 2.24) is 4.98 Å². The van der Waals surface area contributed by atoms with Gasteiger partial charge in [0.2, 0.25) is 0 Å². The number of nitrogens with two attached hydrogens (primary N) is 1. The minimum atomic E-state index is 0.206. The summed E-state index contributed by atoms with van der Waals surface area (Å²) in [5.41, 5.74) is 7.01. The molecule has 0 aliphatic carbocycles. The van der Waals surface area contributed by atoms with Gasteiger partial charge in [-0.15, -0.1) is 0 Å². The molecule has 0 aliphatic rings. The highest BCUT2D eigenvalue weighted by molar-refractivity contribution is 5.16. The van der Waals surface area contributed by atoms with Crippen molar-refractivity contribution in [3.63, 3.8) is 0 Å². The predicted molar refractivity (Wildman–Crippen MR) is 46.3 cm³/mol. The third-order valence-corrected chi connectivity index (χ3v) is 2.02. The van der Waals surface area contributed by atoms with E-state index in [1.807, 2.05) is 19.1 Å². The average Bonchev–Trinajstić information content (AvgIpc) is 2.05. The maximum absolute atomic E-state index is 5.75. The molecule has 2 nitrogen and oxygen atoms in total. The Morgan fingerprint density at radius 1 is 1.27 bits per heavy atom. The van der Waals surface area contributed by atoms with Crippen LogP contribution < -0.4 is 5.73 Å². The fourth-order valence-corrected chi connectivity index (χ4v) is 0.971. The number of hydrogen-bond donors (Lipinski definition) is 1. The lowest BCUT2D eigenvalue weighted by Crippen LogP contribution is -2.22. The molecule has 0 spiro atoms. The number of aromatic nitrogens is 1. The van der Waals surface area contributed by atoms with Gasteiger partial charge in [0.25, 0.3) is 0 Å². The lowest BCUT2D eigenvalue weighted by Gasteiger charge is -2.14. The van der Waals surface area contributed by atoms with Crippen molar-refractivity contribution >= 4 is 0 Å². The quantitative estimate of drug-likeness (QED) is 0.694. The molecule has 0 radical (unpaired) electrons. The van der Waals surface area contributed by atoms with Gasteiger partial charge in [-0.05, 0) is 30.5 Å². The van der Waals surface area contributed by atoms with Crippen LogP contribution in [0.2, 0.25) is 0 Å². The van der Waals surface area contributed by atoms with Crippen LogP contribution in [-0.4, -0.2) is 11.0 Å². The Bertz CT molecular complexity index is 206. The summed E-state index contributed by atoms with van der Waals surface area (Å²) < 4.78 is 0. The summed E-state index contributed by atoms with van der Waals surface area (Å²) in [7, 11) is 0. The molecule has 0 bridgehead atoms. The number of nitrogens with zero attached hydrogens (tertiary/aromatic N) is 1. The van der Waals surface area contributed by atoms with Gasteiger partial charge in [-0.25, -0.2) is 0 Å². The molecule has 2 unspecified atom stereocenters. The zero-order valence-electron chi connectivity index (χ0n) is 6.99. The van der Waals surface area contributed by atoms with E-state index in [0.717, 1.165) is 0 Å². The van der Waals surface area contributed by atoms with Crippen molar-refractivity contribution in [2.75, 3.05) is 0 Å². The second kappa shape index (κ2) is 3.49. The highest BCUT2D eigenvalue weighted by Gasteiger charge is 2.08. The van der Waals surface area contributed by atoms with E-state index in [2.05, 4.69) is 11.9 Å². The number of pyridine rings is 1. The van der Waals surface area contributed by atoms with Crippen LogP contribution >= 0.6 is 0 Å². The Morgan fingerprint density at radius 3 is 2.27 bits per heavy atom. The third kappa shape index (κ3) is 2.02. The molecule has 2 heteroatoms. The molecular formula is C9H14N2. The van der Waals surface area contributed by atoms with Gasteiger partial charge in [0.05, 0.1) is 0 Å². The molecule has 1 aromatic rings. The minimum absolute atomic E-state index is 0.206. The lowest BCUT2D eigenvalue weighted by atomic mass is 9.96. The van der Waals surface area contributed by atoms with Crippen LogP contribution in [0.15, 0.2) is 24.5 Å². The van der Waals surface area contributed by atoms with E-state index < -0.39 is 0 Å². The third-order valence-electron chi connectivity index (χ3n) is 2.02. The van der Waals surface area contributed by atoms with Gasteiger partial charge >= 0.3 is 0 Å². The van der Waals surface area contributed by atoms with E-state index in [-0.39, 0.29) is 6.04 Å². The number of rotatable bonds is 2. The van der Waals surface area contributed by atoms with Gasteiger partial charge in [0.15, 0.2) is 0 Å². The van der Waals surface area contributed by atoms with Crippen LogP contribution in [0.5, 0.6) is 0 Å². The SMILES string of the molecule is CC(N)C(C)c1ccncc1. The second-order valence-electron chi connectivity index (χ2n) is 2.93. The highest BCUT2D eigenvalue weighted by atomic mass is 14.6. The van der Waals surface area contributed by atoms with E-state index in [1.54, 1.807) is 12.4 Å². The van der Waals surface area contributed by atoms with Crippen LogP contribution in [0.25, 0.3) is 0 Å². The molecule has 0 aromatic carbocycles. The summed E-state index contributed by atoms with van der Waals surface area (Å²) >= 11 is 0. The van der Waals surface area contributed by atoms with Gasteiger partial charge in [-0.1, -0.05) is 6.92 Å². The molecule has 1 aromatic heterocycles. The van der Waals surface area contributed by atoms with Crippen LogP contribution in [0, 0.1) is 0 Å². The highest BCUT2D eigenvalue weighted by Crippen LogP contribution is 2.15.